The lowest BCUT2D eigenvalue weighted by atomic mass is 10.1. The van der Waals surface area contributed by atoms with E-state index >= 15 is 0 Å². The number of nitrogens with one attached hydrogen (secondary N) is 2. The largest absolute Gasteiger partial charge is 0.487 e. The Morgan fingerprint density at radius 3 is 1.48 bits per heavy atom. The molecule has 0 unspecified atom stereocenters. The Bertz CT molecular complexity index is 3520. The minimum absolute atomic E-state index is 0.0250. The number of halogens is 4. The number of fused-ring (bicyclic) bond motifs is 2. The third-order valence-corrected chi connectivity index (χ3v) is 13.3. The molecule has 0 aliphatic carbocycles. The molecule has 13 nitrogen and oxygen atoms in total. The number of benzene rings is 6. The van der Waals surface area contributed by atoms with Gasteiger partial charge in [0.25, 0.3) is 0 Å². The molecule has 0 radical (unpaired) electrons. The number of hydrogen-bond acceptors (Lipinski definition) is 13. The van der Waals surface area contributed by atoms with E-state index in [4.69, 9.17) is 41.5 Å². The topological polar surface area (TPSA) is 158 Å². The van der Waals surface area contributed by atoms with Gasteiger partial charge < -0.3 is 28.9 Å². The van der Waals surface area contributed by atoms with Crippen molar-refractivity contribution in [1.29, 1.82) is 0 Å². The van der Waals surface area contributed by atoms with E-state index in [0.29, 0.717) is 103 Å². The van der Waals surface area contributed by atoms with Gasteiger partial charge in [0.2, 0.25) is 0 Å². The van der Waals surface area contributed by atoms with Crippen molar-refractivity contribution < 1.29 is 35.5 Å². The monoisotopic (exact) mass is 1040 g/mol. The molecule has 73 heavy (non-hydrogen) atoms. The highest BCUT2D eigenvalue weighted by Gasteiger charge is 2.18. The number of hydrogen-bond donors (Lipinski definition) is 2. The van der Waals surface area contributed by atoms with Gasteiger partial charge in [-0.05, 0) is 109 Å². The highest BCUT2D eigenvalue weighted by atomic mass is 35.5. The molecule has 2 N–H and O–H groups in total. The maximum absolute atomic E-state index is 14.2. The summed E-state index contributed by atoms with van der Waals surface area (Å²) in [7, 11) is -3.30. The quantitative estimate of drug-likeness (QED) is 0.0789. The number of ether oxygens (including phenoxy) is 2. The van der Waals surface area contributed by atoms with Crippen molar-refractivity contribution in [2.24, 2.45) is 0 Å². The maximum atomic E-state index is 14.2. The average Bonchev–Trinajstić information content (AvgIpc) is 4.06. The summed E-state index contributed by atoms with van der Waals surface area (Å²) in [5.74, 6) is 3.51. The molecule has 0 aliphatic rings. The molecule has 6 aromatic carbocycles. The predicted octanol–water partition coefficient (Wildman–Crippen LogP) is 13.4. The number of nitrogens with zero attached hydrogens (tertiary/aromatic N) is 5. The third kappa shape index (κ3) is 11.9. The van der Waals surface area contributed by atoms with E-state index in [1.165, 1.54) is 31.0 Å². The van der Waals surface area contributed by atoms with Crippen LogP contribution >= 0.6 is 23.2 Å². The summed E-state index contributed by atoms with van der Waals surface area (Å²) >= 11 is 13.2. The zero-order valence-electron chi connectivity index (χ0n) is 38.9. The lowest BCUT2D eigenvalue weighted by molar-refractivity contribution is 0.231. The fraction of sp³-hybridized carbons (Fsp3) is 0.127. The zero-order valence-corrected chi connectivity index (χ0v) is 41.2. The van der Waals surface area contributed by atoms with Crippen molar-refractivity contribution in [2.45, 2.75) is 26.3 Å². The van der Waals surface area contributed by atoms with Gasteiger partial charge in [0, 0.05) is 57.2 Å². The molecule has 0 bridgehead atoms. The van der Waals surface area contributed by atoms with Gasteiger partial charge in [0.05, 0.1) is 39.9 Å². The Morgan fingerprint density at radius 2 is 1.04 bits per heavy atom. The van der Waals surface area contributed by atoms with Crippen molar-refractivity contribution in [3.63, 3.8) is 0 Å². The number of sulfone groups is 1. The van der Waals surface area contributed by atoms with E-state index in [9.17, 15) is 17.2 Å². The summed E-state index contributed by atoms with van der Waals surface area (Å²) in [5.41, 5.74) is 5.07. The molecule has 0 saturated carbocycles. The van der Waals surface area contributed by atoms with Crippen LogP contribution in [0, 0.1) is 11.6 Å². The van der Waals surface area contributed by atoms with Crippen molar-refractivity contribution in [2.75, 3.05) is 29.2 Å². The first kappa shape index (κ1) is 48.7. The van der Waals surface area contributed by atoms with E-state index in [2.05, 4.69) is 30.6 Å². The summed E-state index contributed by atoms with van der Waals surface area (Å²) in [6, 6.07) is 42.1. The summed E-state index contributed by atoms with van der Waals surface area (Å²) in [6.07, 6.45) is 4.15. The van der Waals surface area contributed by atoms with Crippen LogP contribution in [-0.4, -0.2) is 51.8 Å². The molecule has 4 aromatic heterocycles. The molecule has 18 heteroatoms. The predicted molar refractivity (Wildman–Crippen MR) is 279 cm³/mol. The Morgan fingerprint density at radius 1 is 0.575 bits per heavy atom. The van der Waals surface area contributed by atoms with Crippen LogP contribution in [0.25, 0.3) is 44.5 Å². The van der Waals surface area contributed by atoms with Gasteiger partial charge in [-0.2, -0.15) is 0 Å². The fourth-order valence-electron chi connectivity index (χ4n) is 8.01. The number of aromatic nitrogens is 4. The Kier molecular flexibility index (Phi) is 14.3. The van der Waals surface area contributed by atoms with Crippen LogP contribution in [0.1, 0.15) is 22.6 Å². The highest BCUT2D eigenvalue weighted by molar-refractivity contribution is 7.90. The van der Waals surface area contributed by atoms with Gasteiger partial charge in [0.15, 0.2) is 0 Å². The summed E-state index contributed by atoms with van der Waals surface area (Å²) in [5, 5.41) is 8.79. The van der Waals surface area contributed by atoms with E-state index < -0.39 is 9.84 Å². The minimum atomic E-state index is -3.30. The first-order valence-electron chi connectivity index (χ1n) is 22.8. The normalized spacial score (nSPS) is 11.6. The van der Waals surface area contributed by atoms with E-state index in [1.54, 1.807) is 72.8 Å². The maximum Gasteiger partial charge on any atom is 0.148 e. The van der Waals surface area contributed by atoms with Crippen LogP contribution in [0.5, 0.6) is 11.5 Å². The molecule has 0 amide bonds. The van der Waals surface area contributed by atoms with Gasteiger partial charge in [0.1, 0.15) is 93.5 Å². The number of rotatable bonds is 19. The van der Waals surface area contributed by atoms with Gasteiger partial charge >= 0.3 is 0 Å². The molecular weight excluding hydrogens is 996 g/mol. The molecule has 0 atom stereocenters. The summed E-state index contributed by atoms with van der Waals surface area (Å²) in [4.78, 5) is 19.9. The first-order chi connectivity index (χ1) is 35.4. The Hall–Kier alpha value is -7.89. The van der Waals surface area contributed by atoms with Crippen LogP contribution in [0.4, 0.5) is 31.8 Å². The van der Waals surface area contributed by atoms with Crippen molar-refractivity contribution in [3.8, 4) is 34.1 Å². The van der Waals surface area contributed by atoms with Gasteiger partial charge in [-0.1, -0.05) is 59.6 Å². The van der Waals surface area contributed by atoms with Crippen LogP contribution < -0.4 is 20.1 Å². The fourth-order valence-corrected chi connectivity index (χ4v) is 9.07. The molecule has 4 heterocycles. The smallest absolute Gasteiger partial charge is 0.148 e. The number of furan rings is 2. The zero-order chi connectivity index (χ0) is 50.5. The average molecular weight is 1040 g/mol. The van der Waals surface area contributed by atoms with Crippen molar-refractivity contribution >= 4 is 77.9 Å². The van der Waals surface area contributed by atoms with Gasteiger partial charge in [-0.25, -0.2) is 37.1 Å². The second-order valence-electron chi connectivity index (χ2n) is 17.1. The van der Waals surface area contributed by atoms with Gasteiger partial charge in [-0.3, -0.25) is 4.90 Å². The SMILES string of the molecule is CS(=O)(=O)CCN(Cc1ccc(-c2ccc3ncnc(Nc4ccc(OCc5ccccc5F)c(Cl)c4)c3c2)o1)Cc1ccc(-c2ccc3ncnc(Nc4ccc(OCc5ccccc5F)c(Cl)c4)c3c2)o1. The van der Waals surface area contributed by atoms with Gasteiger partial charge in [-0.15, -0.1) is 0 Å². The van der Waals surface area contributed by atoms with Crippen LogP contribution in [0.2, 0.25) is 10.0 Å². The second kappa shape index (κ2) is 21.4. The van der Waals surface area contributed by atoms with Crippen LogP contribution in [0.15, 0.2) is 167 Å². The molecule has 0 spiro atoms. The van der Waals surface area contributed by atoms with E-state index in [1.807, 2.05) is 65.6 Å². The Balaban J connectivity index is 0.821. The first-order valence-corrected chi connectivity index (χ1v) is 25.6. The molecule has 10 aromatic rings. The standard InChI is InChI=1S/C55H43Cl2F2N7O6S/c1-73(67,68)23-22-66(28-40-14-20-50(71-40)34-10-16-48-42(24-34)54(62-32-60-48)64-38-12-18-52(44(56)26-38)69-30-36-6-2-4-8-46(36)58)29-41-15-21-51(72-41)35-11-17-49-43(25-35)55(63-33-61-49)65-39-13-19-53(45(57)27-39)70-31-37-7-3-5-9-47(37)59/h2-21,24-27,32-33H,22-23,28-31H2,1H3,(H,60,62,64)(H,61,63,65). The van der Waals surface area contributed by atoms with Crippen LogP contribution in [-0.2, 0) is 36.1 Å². The minimum Gasteiger partial charge on any atom is -0.487 e. The summed E-state index contributed by atoms with van der Waals surface area (Å²) in [6.45, 7) is 0.858. The highest BCUT2D eigenvalue weighted by Crippen LogP contribution is 2.36. The van der Waals surface area contributed by atoms with Crippen molar-refractivity contribution in [1.82, 2.24) is 24.8 Å². The molecule has 10 rings (SSSR count). The molecular formula is C55H43Cl2F2N7O6S. The van der Waals surface area contributed by atoms with E-state index in [-0.39, 0.29) is 37.1 Å². The Labute approximate surface area is 428 Å². The summed E-state index contributed by atoms with van der Waals surface area (Å²) < 4.78 is 77.5. The number of anilines is 4. The van der Waals surface area contributed by atoms with E-state index in [0.717, 1.165) is 21.9 Å². The lowest BCUT2D eigenvalue weighted by Gasteiger charge is -2.19. The molecule has 368 valence electrons. The second-order valence-corrected chi connectivity index (χ2v) is 20.2. The van der Waals surface area contributed by atoms with Crippen molar-refractivity contribution in [3.05, 3.63) is 203 Å². The molecule has 0 saturated heterocycles. The molecule has 0 fully saturated rings. The third-order valence-electron chi connectivity index (χ3n) is 11.8. The molecule has 0 aliphatic heterocycles. The van der Waals surface area contributed by atoms with Crippen LogP contribution in [0.3, 0.4) is 0 Å². The lowest BCUT2D eigenvalue weighted by Crippen LogP contribution is -2.28.